The van der Waals surface area contributed by atoms with Crippen LogP contribution in [0.25, 0.3) is 6.08 Å². The molecule has 0 aliphatic heterocycles. The smallest absolute Gasteiger partial charge is 0.153 e. The molecule has 0 aromatic heterocycles. The molecule has 0 aliphatic rings. The molecule has 2 nitrogen and oxygen atoms in total. The van der Waals surface area contributed by atoms with Crippen molar-refractivity contribution >= 4 is 12.4 Å². The molecule has 0 bridgehead atoms. The van der Waals surface area contributed by atoms with Crippen LogP contribution in [0.2, 0.25) is 0 Å². The molecule has 3 heteroatoms. The Morgan fingerprint density at radius 2 is 2.21 bits per heavy atom. The van der Waals surface area contributed by atoms with Crippen LogP contribution in [0.1, 0.15) is 22.3 Å². The molecule has 0 heterocycles. The van der Waals surface area contributed by atoms with E-state index in [1.165, 1.54) is 6.07 Å². The lowest BCUT2D eigenvalue weighted by Gasteiger charge is -1.99. The van der Waals surface area contributed by atoms with Gasteiger partial charge >= 0.3 is 0 Å². The molecule has 0 aliphatic carbocycles. The van der Waals surface area contributed by atoms with E-state index in [0.717, 1.165) is 6.42 Å². The van der Waals surface area contributed by atoms with Crippen LogP contribution in [-0.4, -0.2) is 12.8 Å². The first-order valence-electron chi connectivity index (χ1n) is 4.40. The van der Waals surface area contributed by atoms with Crippen molar-refractivity contribution in [2.24, 2.45) is 5.73 Å². The van der Waals surface area contributed by atoms with Crippen molar-refractivity contribution in [3.05, 3.63) is 41.2 Å². The molecule has 0 atom stereocenters. The number of halogens is 1. The standard InChI is InChI=1S/C11H12FNO/c12-11-6-3-5-9(10(11)8-14)4-1-2-7-13/h1,3-6,8H,2,7,13H2. The van der Waals surface area contributed by atoms with Crippen molar-refractivity contribution in [3.8, 4) is 0 Å². The third-order valence-electron chi connectivity index (χ3n) is 1.84. The van der Waals surface area contributed by atoms with E-state index < -0.39 is 5.82 Å². The fourth-order valence-corrected chi connectivity index (χ4v) is 1.13. The highest BCUT2D eigenvalue weighted by atomic mass is 19.1. The summed E-state index contributed by atoms with van der Waals surface area (Å²) in [7, 11) is 0. The van der Waals surface area contributed by atoms with E-state index >= 15 is 0 Å². The van der Waals surface area contributed by atoms with Gasteiger partial charge in [-0.2, -0.15) is 0 Å². The van der Waals surface area contributed by atoms with Gasteiger partial charge in [-0.3, -0.25) is 4.79 Å². The van der Waals surface area contributed by atoms with E-state index in [9.17, 15) is 9.18 Å². The Hall–Kier alpha value is -1.48. The zero-order chi connectivity index (χ0) is 10.4. The van der Waals surface area contributed by atoms with E-state index in [1.54, 1.807) is 18.2 Å². The molecule has 1 rings (SSSR count). The Labute approximate surface area is 82.2 Å². The second-order valence-electron chi connectivity index (χ2n) is 2.84. The topological polar surface area (TPSA) is 43.1 Å². The molecule has 0 spiro atoms. The minimum atomic E-state index is -0.491. The van der Waals surface area contributed by atoms with Gasteiger partial charge in [0, 0.05) is 0 Å². The summed E-state index contributed by atoms with van der Waals surface area (Å²) in [6, 6.07) is 4.54. The van der Waals surface area contributed by atoms with E-state index in [0.29, 0.717) is 18.4 Å². The van der Waals surface area contributed by atoms with Gasteiger partial charge in [0.25, 0.3) is 0 Å². The number of nitrogens with two attached hydrogens (primary N) is 1. The molecule has 1 aromatic rings. The van der Waals surface area contributed by atoms with Crippen molar-refractivity contribution in [2.45, 2.75) is 6.42 Å². The predicted molar refractivity (Wildman–Crippen MR) is 54.5 cm³/mol. The van der Waals surface area contributed by atoms with Crippen LogP contribution >= 0.6 is 0 Å². The first-order valence-corrected chi connectivity index (χ1v) is 4.40. The lowest BCUT2D eigenvalue weighted by molar-refractivity contribution is 0.111. The van der Waals surface area contributed by atoms with Crippen molar-refractivity contribution in [2.75, 3.05) is 6.54 Å². The van der Waals surface area contributed by atoms with E-state index in [1.807, 2.05) is 6.08 Å². The van der Waals surface area contributed by atoms with Gasteiger partial charge in [-0.05, 0) is 24.6 Å². The van der Waals surface area contributed by atoms with Crippen LogP contribution in [0, 0.1) is 5.82 Å². The summed E-state index contributed by atoms with van der Waals surface area (Å²) in [5.41, 5.74) is 5.99. The number of carbonyl (C=O) groups excluding carboxylic acids is 1. The highest BCUT2D eigenvalue weighted by Crippen LogP contribution is 2.12. The highest BCUT2D eigenvalue weighted by molar-refractivity contribution is 5.82. The molecule has 74 valence electrons. The second-order valence-corrected chi connectivity index (χ2v) is 2.84. The summed E-state index contributed by atoms with van der Waals surface area (Å²) in [4.78, 5) is 10.6. The number of carbonyl (C=O) groups is 1. The van der Waals surface area contributed by atoms with Crippen LogP contribution < -0.4 is 5.73 Å². The van der Waals surface area contributed by atoms with Gasteiger partial charge in [-0.25, -0.2) is 4.39 Å². The third kappa shape index (κ3) is 2.50. The van der Waals surface area contributed by atoms with Crippen LogP contribution in [0.4, 0.5) is 4.39 Å². The maximum Gasteiger partial charge on any atom is 0.153 e. The average Bonchev–Trinajstić information content (AvgIpc) is 2.18. The highest BCUT2D eigenvalue weighted by Gasteiger charge is 2.03. The van der Waals surface area contributed by atoms with Gasteiger partial charge in [0.15, 0.2) is 6.29 Å². The summed E-state index contributed by atoms with van der Waals surface area (Å²) in [5, 5.41) is 0. The van der Waals surface area contributed by atoms with Crippen LogP contribution in [0.15, 0.2) is 24.3 Å². The zero-order valence-electron chi connectivity index (χ0n) is 7.74. The fraction of sp³-hybridized carbons (Fsp3) is 0.182. The van der Waals surface area contributed by atoms with Crippen molar-refractivity contribution in [1.29, 1.82) is 0 Å². The van der Waals surface area contributed by atoms with E-state index in [-0.39, 0.29) is 5.56 Å². The van der Waals surface area contributed by atoms with Crippen molar-refractivity contribution < 1.29 is 9.18 Å². The van der Waals surface area contributed by atoms with Gasteiger partial charge < -0.3 is 5.73 Å². The monoisotopic (exact) mass is 193 g/mol. The molecular weight excluding hydrogens is 181 g/mol. The number of hydrogen-bond donors (Lipinski definition) is 1. The van der Waals surface area contributed by atoms with E-state index in [2.05, 4.69) is 0 Å². The Balaban J connectivity index is 2.96. The zero-order valence-corrected chi connectivity index (χ0v) is 7.74. The Bertz CT molecular complexity index is 347. The molecule has 0 saturated heterocycles. The molecule has 14 heavy (non-hydrogen) atoms. The molecule has 0 amide bonds. The summed E-state index contributed by atoms with van der Waals surface area (Å²) in [5.74, 6) is -0.491. The van der Waals surface area contributed by atoms with E-state index in [4.69, 9.17) is 5.73 Å². The van der Waals surface area contributed by atoms with Crippen LogP contribution in [0.3, 0.4) is 0 Å². The first-order chi connectivity index (χ1) is 6.79. The largest absolute Gasteiger partial charge is 0.330 e. The SMILES string of the molecule is NCCC=Cc1cccc(F)c1C=O. The summed E-state index contributed by atoms with van der Waals surface area (Å²) in [6.45, 7) is 0.544. The minimum Gasteiger partial charge on any atom is -0.330 e. The normalized spacial score (nSPS) is 10.7. The first kappa shape index (κ1) is 10.6. The maximum atomic E-state index is 13.1. The fourth-order valence-electron chi connectivity index (χ4n) is 1.13. The Morgan fingerprint density at radius 1 is 1.43 bits per heavy atom. The quantitative estimate of drug-likeness (QED) is 0.743. The average molecular weight is 193 g/mol. The molecule has 0 fully saturated rings. The summed E-state index contributed by atoms with van der Waals surface area (Å²) < 4.78 is 13.1. The van der Waals surface area contributed by atoms with Crippen molar-refractivity contribution in [1.82, 2.24) is 0 Å². The number of aldehydes is 1. The molecular formula is C11H12FNO. The number of hydrogen-bond acceptors (Lipinski definition) is 2. The van der Waals surface area contributed by atoms with Gasteiger partial charge in [-0.1, -0.05) is 24.3 Å². The van der Waals surface area contributed by atoms with Gasteiger partial charge in [0.05, 0.1) is 5.56 Å². The summed E-state index contributed by atoms with van der Waals surface area (Å²) >= 11 is 0. The number of rotatable bonds is 4. The molecule has 0 saturated carbocycles. The van der Waals surface area contributed by atoms with Crippen LogP contribution in [0.5, 0.6) is 0 Å². The molecule has 1 aromatic carbocycles. The maximum absolute atomic E-state index is 13.1. The predicted octanol–water partition coefficient (Wildman–Crippen LogP) is 2.00. The van der Waals surface area contributed by atoms with Gasteiger partial charge in [0.2, 0.25) is 0 Å². The third-order valence-corrected chi connectivity index (χ3v) is 1.84. The lowest BCUT2D eigenvalue weighted by Crippen LogP contribution is -1.95. The summed E-state index contributed by atoms with van der Waals surface area (Å²) in [6.07, 6.45) is 4.77. The molecule has 2 N–H and O–H groups in total. The van der Waals surface area contributed by atoms with Gasteiger partial charge in [-0.15, -0.1) is 0 Å². The molecule has 0 unspecified atom stereocenters. The van der Waals surface area contributed by atoms with Gasteiger partial charge in [0.1, 0.15) is 5.82 Å². The van der Waals surface area contributed by atoms with Crippen molar-refractivity contribution in [3.63, 3.8) is 0 Å². The van der Waals surface area contributed by atoms with Crippen LogP contribution in [-0.2, 0) is 0 Å². The second kappa shape index (κ2) is 5.29. The Morgan fingerprint density at radius 3 is 2.86 bits per heavy atom. The molecule has 0 radical (unpaired) electrons. The minimum absolute atomic E-state index is 0.0979. The number of benzene rings is 1. The lowest BCUT2D eigenvalue weighted by atomic mass is 10.1. The Kier molecular flexibility index (Phi) is 4.01.